The summed E-state index contributed by atoms with van der Waals surface area (Å²) in [4.78, 5) is 0. The Kier molecular flexibility index (Phi) is 4.28. The van der Waals surface area contributed by atoms with Crippen LogP contribution in [0.1, 0.15) is 0 Å². The monoisotopic (exact) mass is 256 g/mol. The van der Waals surface area contributed by atoms with Gasteiger partial charge in [-0.15, -0.1) is 0 Å². The second-order valence-corrected chi connectivity index (χ2v) is 4.81. The normalized spacial score (nSPS) is 11.4. The van der Waals surface area contributed by atoms with Crippen LogP contribution in [0.4, 0.5) is 22.0 Å². The van der Waals surface area contributed by atoms with Gasteiger partial charge in [-0.05, 0) is 6.04 Å². The molecule has 7 heteroatoms. The van der Waals surface area contributed by atoms with Crippen LogP contribution in [0.3, 0.4) is 0 Å². The fourth-order valence-corrected chi connectivity index (χ4v) is 1.46. The number of rotatable bonds is 4. The van der Waals surface area contributed by atoms with E-state index >= 15 is 0 Å². The first-order chi connectivity index (χ1) is 7.50. The molecule has 0 fully saturated rings. The first-order valence-electron chi connectivity index (χ1n) is 4.64. The Hall–Kier alpha value is -1.11. The number of halogens is 5. The Labute approximate surface area is 91.0 Å². The molecular weight excluding hydrogens is 247 g/mol. The molecule has 1 aromatic rings. The van der Waals surface area contributed by atoms with E-state index in [2.05, 4.69) is 4.74 Å². The van der Waals surface area contributed by atoms with Gasteiger partial charge in [0.05, 0.1) is 6.61 Å². The highest BCUT2D eigenvalue weighted by Crippen LogP contribution is 2.29. The molecule has 16 heavy (non-hydrogen) atoms. The van der Waals surface area contributed by atoms with Crippen molar-refractivity contribution in [2.75, 3.05) is 6.61 Å². The second-order valence-electron chi connectivity index (χ2n) is 3.10. The van der Waals surface area contributed by atoms with Crippen molar-refractivity contribution >= 4 is 9.52 Å². The first-order valence-corrected chi connectivity index (χ1v) is 7.06. The van der Waals surface area contributed by atoms with Crippen LogP contribution in [-0.4, -0.2) is 16.1 Å². The Morgan fingerprint density at radius 2 is 1.31 bits per heavy atom. The summed E-state index contributed by atoms with van der Waals surface area (Å²) >= 11 is 0. The molecule has 1 aromatic carbocycles. The molecule has 0 amide bonds. The zero-order valence-electron chi connectivity index (χ0n) is 8.42. The van der Waals surface area contributed by atoms with Crippen molar-refractivity contribution in [3.63, 3.8) is 0 Å². The summed E-state index contributed by atoms with van der Waals surface area (Å²) in [5.41, 5.74) is 0. The lowest BCUT2D eigenvalue weighted by Gasteiger charge is -2.09. The zero-order chi connectivity index (χ0) is 12.3. The molecule has 0 radical (unpaired) electrons. The lowest BCUT2D eigenvalue weighted by molar-refractivity contribution is 0.275. The summed E-state index contributed by atoms with van der Waals surface area (Å²) in [6, 6.07) is 0.597. The van der Waals surface area contributed by atoms with Crippen molar-refractivity contribution in [2.24, 2.45) is 0 Å². The van der Waals surface area contributed by atoms with E-state index in [1.807, 2.05) is 6.55 Å². The molecule has 0 N–H and O–H groups in total. The molecule has 0 unspecified atom stereocenters. The van der Waals surface area contributed by atoms with Gasteiger partial charge < -0.3 is 4.74 Å². The maximum atomic E-state index is 13.0. The molecule has 0 bridgehead atoms. The Morgan fingerprint density at radius 3 is 1.75 bits per heavy atom. The molecule has 0 atom stereocenters. The topological polar surface area (TPSA) is 9.23 Å². The van der Waals surface area contributed by atoms with Crippen molar-refractivity contribution in [3.05, 3.63) is 29.1 Å². The Bertz CT molecular complexity index is 367. The predicted octanol–water partition coefficient (Wildman–Crippen LogP) is 2.40. The molecule has 0 saturated carbocycles. The molecule has 0 aromatic heterocycles. The van der Waals surface area contributed by atoms with Gasteiger partial charge in [-0.2, -0.15) is 8.78 Å². The summed E-state index contributed by atoms with van der Waals surface area (Å²) in [5.74, 6) is -11.2. The summed E-state index contributed by atoms with van der Waals surface area (Å²) in [6.45, 7) is 1.89. The fourth-order valence-electron chi connectivity index (χ4n) is 1.03. The van der Waals surface area contributed by atoms with Crippen LogP contribution in [0.25, 0.3) is 0 Å². The molecule has 1 rings (SSSR count). The number of ether oxygens (including phenoxy) is 1. The number of hydrogen-bond acceptors (Lipinski definition) is 1. The quantitative estimate of drug-likeness (QED) is 0.264. The molecule has 0 spiro atoms. The van der Waals surface area contributed by atoms with Crippen LogP contribution in [0.5, 0.6) is 5.75 Å². The minimum atomic E-state index is -2.17. The second kappa shape index (κ2) is 5.29. The van der Waals surface area contributed by atoms with E-state index in [0.29, 0.717) is 6.04 Å². The van der Waals surface area contributed by atoms with E-state index < -0.39 is 34.8 Å². The van der Waals surface area contributed by atoms with Gasteiger partial charge in [0, 0.05) is 9.52 Å². The van der Waals surface area contributed by atoms with Crippen LogP contribution in [-0.2, 0) is 0 Å². The lowest BCUT2D eigenvalue weighted by atomic mass is 10.2. The first kappa shape index (κ1) is 13.0. The van der Waals surface area contributed by atoms with Gasteiger partial charge in [0.1, 0.15) is 0 Å². The van der Waals surface area contributed by atoms with E-state index in [0.717, 1.165) is 0 Å². The Balaban J connectivity index is 3.08. The van der Waals surface area contributed by atoms with Crippen molar-refractivity contribution in [1.82, 2.24) is 0 Å². The highest BCUT2D eigenvalue weighted by Gasteiger charge is 2.26. The average molecular weight is 256 g/mol. The lowest BCUT2D eigenvalue weighted by Crippen LogP contribution is -2.08. The molecule has 0 aliphatic heterocycles. The molecule has 0 aliphatic rings. The van der Waals surface area contributed by atoms with Crippen molar-refractivity contribution in [3.8, 4) is 5.75 Å². The summed E-state index contributed by atoms with van der Waals surface area (Å²) in [5, 5.41) is 0. The molecule has 0 heterocycles. The van der Waals surface area contributed by atoms with E-state index in [4.69, 9.17) is 0 Å². The van der Waals surface area contributed by atoms with Gasteiger partial charge in [-0.25, -0.2) is 13.2 Å². The van der Waals surface area contributed by atoms with E-state index in [-0.39, 0.29) is 16.1 Å². The molecule has 0 aliphatic carbocycles. The maximum absolute atomic E-state index is 13.0. The van der Waals surface area contributed by atoms with Gasteiger partial charge in [0.15, 0.2) is 5.75 Å². The van der Waals surface area contributed by atoms with Gasteiger partial charge >= 0.3 is 0 Å². The largest absolute Gasteiger partial charge is 0.488 e. The van der Waals surface area contributed by atoms with Gasteiger partial charge in [-0.1, -0.05) is 6.55 Å². The summed E-state index contributed by atoms with van der Waals surface area (Å²) in [7, 11) is -0.385. The van der Waals surface area contributed by atoms with E-state index in [1.165, 1.54) is 0 Å². The highest BCUT2D eigenvalue weighted by molar-refractivity contribution is 6.33. The molecule has 90 valence electrons. The third-order valence-electron chi connectivity index (χ3n) is 1.91. The maximum Gasteiger partial charge on any atom is 0.206 e. The minimum absolute atomic E-state index is 0.0406. The minimum Gasteiger partial charge on any atom is -0.488 e. The van der Waals surface area contributed by atoms with E-state index in [9.17, 15) is 22.0 Å². The van der Waals surface area contributed by atoms with Crippen LogP contribution in [0.15, 0.2) is 0 Å². The molecule has 1 nitrogen and oxygen atoms in total. The molecular formula is C9H9F5OSi. The van der Waals surface area contributed by atoms with Crippen LogP contribution in [0.2, 0.25) is 12.6 Å². The van der Waals surface area contributed by atoms with Gasteiger partial charge in [0.25, 0.3) is 0 Å². The van der Waals surface area contributed by atoms with Crippen LogP contribution >= 0.6 is 0 Å². The van der Waals surface area contributed by atoms with Crippen LogP contribution < -0.4 is 4.74 Å². The standard InChI is InChI=1S/C9H9F5OSi/c1-16-3-2-15-9-7(13)5(11)4(10)6(12)8(9)14/h2-3,16H2,1H3. The highest BCUT2D eigenvalue weighted by atomic mass is 28.2. The smallest absolute Gasteiger partial charge is 0.206 e. The van der Waals surface area contributed by atoms with E-state index in [1.54, 1.807) is 0 Å². The third-order valence-corrected chi connectivity index (χ3v) is 2.91. The zero-order valence-corrected chi connectivity index (χ0v) is 9.83. The number of benzene rings is 1. The van der Waals surface area contributed by atoms with Crippen LogP contribution in [0, 0.1) is 29.1 Å². The van der Waals surface area contributed by atoms with Gasteiger partial charge in [0.2, 0.25) is 29.1 Å². The summed E-state index contributed by atoms with van der Waals surface area (Å²) < 4.78 is 68.5. The molecule has 0 saturated heterocycles. The Morgan fingerprint density at radius 1 is 0.875 bits per heavy atom. The van der Waals surface area contributed by atoms with Gasteiger partial charge in [-0.3, -0.25) is 0 Å². The predicted molar refractivity (Wildman–Crippen MR) is 50.9 cm³/mol. The van der Waals surface area contributed by atoms with Crippen molar-refractivity contribution < 1.29 is 26.7 Å². The average Bonchev–Trinajstić information content (AvgIpc) is 2.28. The van der Waals surface area contributed by atoms with Crippen molar-refractivity contribution in [2.45, 2.75) is 12.6 Å². The number of hydrogen-bond donors (Lipinski definition) is 0. The third kappa shape index (κ3) is 2.34. The summed E-state index contributed by atoms with van der Waals surface area (Å²) in [6.07, 6.45) is 0. The van der Waals surface area contributed by atoms with Crippen molar-refractivity contribution in [1.29, 1.82) is 0 Å². The SMILES string of the molecule is C[SiH2]CCOc1c(F)c(F)c(F)c(F)c1F. The fraction of sp³-hybridized carbons (Fsp3) is 0.333.